The molecule has 0 radical (unpaired) electrons. The maximum Gasteiger partial charge on any atom is 0.472 e. The number of allylic oxidation sites excluding steroid dienone is 18. The van der Waals surface area contributed by atoms with E-state index in [0.717, 1.165) is 128 Å². The van der Waals surface area contributed by atoms with Crippen LogP contribution in [-0.2, 0) is 55.8 Å². The summed E-state index contributed by atoms with van der Waals surface area (Å²) >= 11 is 0. The Morgan fingerprint density at radius 1 is 0.267 bits per heavy atom. The van der Waals surface area contributed by atoms with Gasteiger partial charge in [-0.1, -0.05) is 323 Å². The number of phosphoric ester groups is 2. The normalized spacial score (nSPS) is 14.5. The van der Waals surface area contributed by atoms with Gasteiger partial charge in [-0.15, -0.1) is 0 Å². The number of esters is 3. The van der Waals surface area contributed by atoms with Crippen molar-refractivity contribution >= 4 is 33.6 Å². The molecular formula is C87H154O16P2. The highest BCUT2D eigenvalue weighted by molar-refractivity contribution is 7.47. The molecule has 4 N–H and O–H groups in total. The van der Waals surface area contributed by atoms with Gasteiger partial charge in [0.2, 0.25) is 0 Å². The van der Waals surface area contributed by atoms with Crippen molar-refractivity contribution in [3.8, 4) is 0 Å². The van der Waals surface area contributed by atoms with E-state index >= 15 is 0 Å². The molecule has 0 aliphatic rings. The Hall–Kier alpha value is -3.79. The first-order valence-corrected chi connectivity index (χ1v) is 45.2. The van der Waals surface area contributed by atoms with Gasteiger partial charge in [0.05, 0.1) is 26.4 Å². The van der Waals surface area contributed by atoms with Gasteiger partial charge in [-0.25, -0.2) is 9.13 Å². The van der Waals surface area contributed by atoms with Gasteiger partial charge in [0.1, 0.15) is 25.4 Å². The van der Waals surface area contributed by atoms with Crippen LogP contribution < -0.4 is 0 Å². The summed E-state index contributed by atoms with van der Waals surface area (Å²) in [6.45, 7) is 2.61. The second-order valence-electron chi connectivity index (χ2n) is 28.3. The molecule has 0 saturated heterocycles. The number of carbonyl (C=O) groups excluding carboxylic acids is 3. The van der Waals surface area contributed by atoms with Crippen LogP contribution in [0, 0.1) is 0 Å². The lowest BCUT2D eigenvalue weighted by molar-refractivity contribution is -0.161. The van der Waals surface area contributed by atoms with Crippen LogP contribution >= 0.6 is 15.6 Å². The predicted octanol–water partition coefficient (Wildman–Crippen LogP) is 25.1. The zero-order chi connectivity index (χ0) is 76.6. The predicted molar refractivity (Wildman–Crippen MR) is 436 cm³/mol. The largest absolute Gasteiger partial charge is 0.472 e. The van der Waals surface area contributed by atoms with Crippen molar-refractivity contribution in [2.24, 2.45) is 0 Å². The molecular weight excluding hydrogens is 1360 g/mol. The molecule has 0 aromatic carbocycles. The average molecular weight is 1520 g/mol. The number of aliphatic hydroxyl groups excluding tert-OH is 2. The summed E-state index contributed by atoms with van der Waals surface area (Å²) in [5.74, 6) is -1.59. The van der Waals surface area contributed by atoms with E-state index in [0.29, 0.717) is 19.3 Å². The Morgan fingerprint density at radius 2 is 0.476 bits per heavy atom. The third-order valence-electron chi connectivity index (χ3n) is 17.9. The van der Waals surface area contributed by atoms with Crippen molar-refractivity contribution in [3.63, 3.8) is 0 Å². The quantitative estimate of drug-likeness (QED) is 0.0146. The molecule has 5 atom stereocenters. The summed E-state index contributed by atoms with van der Waals surface area (Å²) < 4.78 is 61.1. The van der Waals surface area contributed by atoms with E-state index in [4.69, 9.17) is 32.3 Å². The number of carbonyl (C=O) groups is 3. The smallest absolute Gasteiger partial charge is 0.463 e. The molecule has 0 rings (SSSR count). The van der Waals surface area contributed by atoms with E-state index < -0.39 is 91.5 Å². The lowest BCUT2D eigenvalue weighted by atomic mass is 10.0. The van der Waals surface area contributed by atoms with Gasteiger partial charge in [0.15, 0.2) is 6.10 Å². The van der Waals surface area contributed by atoms with Crippen molar-refractivity contribution in [2.45, 2.75) is 386 Å². The lowest BCUT2D eigenvalue weighted by Gasteiger charge is -2.21. The fraction of sp³-hybridized carbons (Fsp3) is 0.759. The van der Waals surface area contributed by atoms with Crippen LogP contribution in [0.15, 0.2) is 109 Å². The minimum atomic E-state index is -4.93. The van der Waals surface area contributed by atoms with Gasteiger partial charge in [-0.3, -0.25) is 32.5 Å². The highest BCUT2D eigenvalue weighted by Crippen LogP contribution is 2.45. The van der Waals surface area contributed by atoms with Gasteiger partial charge in [0.25, 0.3) is 0 Å². The monoisotopic (exact) mass is 1520 g/mol. The number of rotatable bonds is 80. The minimum absolute atomic E-state index is 0.0900. The van der Waals surface area contributed by atoms with Crippen LogP contribution in [-0.4, -0.2) is 95.9 Å². The highest BCUT2D eigenvalue weighted by Gasteiger charge is 2.29. The summed E-state index contributed by atoms with van der Waals surface area (Å²) in [4.78, 5) is 58.6. The van der Waals surface area contributed by atoms with Crippen LogP contribution in [0.3, 0.4) is 0 Å². The van der Waals surface area contributed by atoms with Gasteiger partial charge in [-0.05, 0) is 135 Å². The van der Waals surface area contributed by atoms with E-state index in [2.05, 4.69) is 130 Å². The molecule has 0 fully saturated rings. The number of unbranched alkanes of at least 4 members (excludes halogenated alkanes) is 39. The zero-order valence-corrected chi connectivity index (χ0v) is 68.4. The molecule has 5 unspecified atom stereocenters. The molecule has 0 heterocycles. The molecule has 0 aromatic rings. The maximum atomic E-state index is 12.9. The molecule has 0 amide bonds. The van der Waals surface area contributed by atoms with Gasteiger partial charge in [-0.2, -0.15) is 0 Å². The Labute approximate surface area is 640 Å². The van der Waals surface area contributed by atoms with Crippen molar-refractivity contribution in [3.05, 3.63) is 109 Å². The molecule has 608 valence electrons. The number of aliphatic hydroxyl groups is 2. The molecule has 18 heteroatoms. The van der Waals surface area contributed by atoms with Crippen LogP contribution in [0.5, 0.6) is 0 Å². The van der Waals surface area contributed by atoms with Gasteiger partial charge < -0.3 is 34.2 Å². The summed E-state index contributed by atoms with van der Waals surface area (Å²) in [7, 11) is -9.79. The summed E-state index contributed by atoms with van der Waals surface area (Å²) in [6, 6.07) is 0. The second kappa shape index (κ2) is 79.8. The Kier molecular flexibility index (Phi) is 76.9. The van der Waals surface area contributed by atoms with Crippen molar-refractivity contribution in [2.75, 3.05) is 39.6 Å². The van der Waals surface area contributed by atoms with Crippen LogP contribution in [0.2, 0.25) is 0 Å². The maximum absolute atomic E-state index is 12.9. The molecule has 0 aromatic heterocycles. The molecule has 0 aliphatic heterocycles. The summed E-state index contributed by atoms with van der Waals surface area (Å²) in [5.41, 5.74) is 0. The van der Waals surface area contributed by atoms with Crippen LogP contribution in [0.25, 0.3) is 0 Å². The van der Waals surface area contributed by atoms with Crippen LogP contribution in [0.1, 0.15) is 367 Å². The molecule has 16 nitrogen and oxygen atoms in total. The van der Waals surface area contributed by atoms with E-state index in [1.54, 1.807) is 0 Å². The average Bonchev–Trinajstić information content (AvgIpc) is 1.03. The summed E-state index contributed by atoms with van der Waals surface area (Å²) in [6.07, 6.45) is 94.4. The first kappa shape index (κ1) is 101. The molecule has 0 saturated carbocycles. The highest BCUT2D eigenvalue weighted by atomic mass is 31.2. The number of ether oxygens (including phenoxy) is 3. The summed E-state index contributed by atoms with van der Waals surface area (Å²) in [5, 5.41) is 20.7. The van der Waals surface area contributed by atoms with E-state index in [1.165, 1.54) is 180 Å². The molecule has 105 heavy (non-hydrogen) atoms. The van der Waals surface area contributed by atoms with Crippen LogP contribution in [0.4, 0.5) is 0 Å². The fourth-order valence-electron chi connectivity index (χ4n) is 11.5. The lowest BCUT2D eigenvalue weighted by Crippen LogP contribution is -2.30. The topological polar surface area (TPSA) is 231 Å². The fourth-order valence-corrected chi connectivity index (χ4v) is 13.1. The van der Waals surface area contributed by atoms with Crippen molar-refractivity contribution in [1.29, 1.82) is 0 Å². The first-order chi connectivity index (χ1) is 51.2. The Bertz CT molecular complexity index is 2340. The second-order valence-corrected chi connectivity index (χ2v) is 31.2. The molecule has 0 bridgehead atoms. The minimum Gasteiger partial charge on any atom is -0.463 e. The molecule has 0 aliphatic carbocycles. The Morgan fingerprint density at radius 3 is 0.781 bits per heavy atom. The first-order valence-electron chi connectivity index (χ1n) is 42.2. The number of hydrogen-bond donors (Lipinski definition) is 4. The third kappa shape index (κ3) is 81.0. The van der Waals surface area contributed by atoms with Gasteiger partial charge >= 0.3 is 33.6 Å². The van der Waals surface area contributed by atoms with Crippen molar-refractivity contribution in [1.82, 2.24) is 0 Å². The van der Waals surface area contributed by atoms with Crippen molar-refractivity contribution < 1.29 is 75.8 Å². The third-order valence-corrected chi connectivity index (χ3v) is 19.8. The SMILES string of the molecule is CCCCC/C=C\C/C=C\C/C=C\C/C=C\CCCCCCCCCCCCCCCCCCCCCC(=O)OCC(O)COP(=O)(O)OCC(O)COP(=O)(O)OCC(COC(=O)CCCCCCC/C=C\C/C=C\C/C=C\C/C=C\CCCCC)OC(=O)CCCCCCC/C=C\CCCCCC. The van der Waals surface area contributed by atoms with Gasteiger partial charge in [0, 0.05) is 19.3 Å². The zero-order valence-electron chi connectivity index (χ0n) is 66.6. The van der Waals surface area contributed by atoms with E-state index in [1.807, 2.05) is 0 Å². The number of phosphoric acid groups is 2. The molecule has 0 spiro atoms. The Balaban J connectivity index is 4.38. The van der Waals surface area contributed by atoms with E-state index in [-0.39, 0.29) is 19.3 Å². The number of hydrogen-bond acceptors (Lipinski definition) is 14. The standard InChI is InChI=1S/C87H154O16P2/c1-4-7-10-13-16-19-22-25-27-29-31-33-34-35-36-37-38-39-40-41-42-43-44-45-46-48-50-51-53-56-58-61-64-67-70-73-85(90)97-76-82(88)77-99-104(93,94)100-78-83(89)79-101-105(95,96)102-81-84(103-87(92)75-72-69-66-63-60-55-24-21-18-15-12-9-6-3)80-98-86(91)74-71-68-65-62-59-57-54-52-49-47-32-30-28-26-23-20-17-14-11-8-5-2/h16-17,19-21,24-28,31-33,35-36,47,52,54,82-84,88-89H,4-15,18,22-23,29-30,34,37-46,48-51,53,55-81H2,1-3H3,(H,93,94)(H,95,96)/b19-16-,20-17-,24-21-,27-25-,28-26-,33-31-,36-35-,47-32-,54-52-. The van der Waals surface area contributed by atoms with E-state index in [9.17, 15) is 43.5 Å².